The Labute approximate surface area is 88.3 Å². The van der Waals surface area contributed by atoms with Crippen molar-refractivity contribution in [3.8, 4) is 0 Å². The van der Waals surface area contributed by atoms with Gasteiger partial charge in [-0.05, 0) is 37.5 Å². The first-order valence-electron chi connectivity index (χ1n) is 5.13. The summed E-state index contributed by atoms with van der Waals surface area (Å²) in [4.78, 5) is 0. The number of hydrogen-bond acceptors (Lipinski definition) is 1. The minimum Gasteiger partial charge on any atom is -0.330 e. The van der Waals surface area contributed by atoms with Gasteiger partial charge in [-0.1, -0.05) is 12.1 Å². The Morgan fingerprint density at radius 2 is 1.80 bits per heavy atom. The van der Waals surface area contributed by atoms with E-state index in [-0.39, 0.29) is 11.2 Å². The fraction of sp³-hybridized carbons (Fsp3) is 0.500. The van der Waals surface area contributed by atoms with E-state index < -0.39 is 5.67 Å². The van der Waals surface area contributed by atoms with Crippen LogP contribution in [0.3, 0.4) is 0 Å². The molecule has 0 saturated heterocycles. The fourth-order valence-electron chi connectivity index (χ4n) is 2.63. The van der Waals surface area contributed by atoms with Gasteiger partial charge in [0, 0.05) is 12.0 Å². The highest BCUT2D eigenvalue weighted by atomic mass is 19.1. The summed E-state index contributed by atoms with van der Waals surface area (Å²) in [5, 5.41) is 0. The number of halogens is 2. The van der Waals surface area contributed by atoms with Crippen LogP contribution in [-0.4, -0.2) is 12.2 Å². The lowest BCUT2D eigenvalue weighted by atomic mass is 9.57. The lowest BCUT2D eigenvalue weighted by molar-refractivity contribution is 0.00271. The Bertz CT molecular complexity index is 348. The van der Waals surface area contributed by atoms with Crippen molar-refractivity contribution in [3.63, 3.8) is 0 Å². The molecule has 1 aliphatic rings. The number of hydrogen-bond donors (Lipinski definition) is 1. The second-order valence-electron chi connectivity index (χ2n) is 4.76. The third kappa shape index (κ3) is 1.76. The van der Waals surface area contributed by atoms with E-state index in [1.807, 2.05) is 0 Å². The van der Waals surface area contributed by atoms with E-state index in [0.717, 1.165) is 5.56 Å². The Morgan fingerprint density at radius 3 is 2.20 bits per heavy atom. The number of benzene rings is 1. The maximum Gasteiger partial charge on any atom is 0.123 e. The van der Waals surface area contributed by atoms with Gasteiger partial charge in [0.05, 0.1) is 0 Å². The second kappa shape index (κ2) is 3.27. The zero-order valence-electron chi connectivity index (χ0n) is 8.76. The van der Waals surface area contributed by atoms with Crippen molar-refractivity contribution in [1.29, 1.82) is 0 Å². The van der Waals surface area contributed by atoms with Crippen LogP contribution in [0.15, 0.2) is 24.3 Å². The van der Waals surface area contributed by atoms with Crippen LogP contribution in [0.1, 0.15) is 25.3 Å². The van der Waals surface area contributed by atoms with E-state index in [2.05, 4.69) is 0 Å². The Morgan fingerprint density at radius 1 is 1.27 bits per heavy atom. The highest BCUT2D eigenvalue weighted by Crippen LogP contribution is 2.51. The molecule has 1 aromatic carbocycles. The molecule has 1 nitrogen and oxygen atoms in total. The molecular weight excluding hydrogens is 196 g/mol. The molecule has 1 aromatic rings. The predicted molar refractivity (Wildman–Crippen MR) is 55.9 cm³/mol. The van der Waals surface area contributed by atoms with Crippen molar-refractivity contribution < 1.29 is 8.78 Å². The SMILES string of the molecule is CC1(F)CC(CN)(c2ccc(F)cc2)C1. The molecule has 0 aliphatic heterocycles. The fourth-order valence-corrected chi connectivity index (χ4v) is 2.63. The monoisotopic (exact) mass is 211 g/mol. The van der Waals surface area contributed by atoms with Crippen LogP contribution >= 0.6 is 0 Å². The second-order valence-corrected chi connectivity index (χ2v) is 4.76. The minimum atomic E-state index is -1.12. The average molecular weight is 211 g/mol. The highest BCUT2D eigenvalue weighted by Gasteiger charge is 2.52. The molecule has 3 heteroatoms. The van der Waals surface area contributed by atoms with Gasteiger partial charge in [-0.15, -0.1) is 0 Å². The lowest BCUT2D eigenvalue weighted by Gasteiger charge is -2.50. The standard InChI is InChI=1S/C12H15F2N/c1-11(14)6-12(7-11,8-15)9-2-4-10(13)5-3-9/h2-5H,6-8,15H2,1H3. The largest absolute Gasteiger partial charge is 0.330 e. The summed E-state index contributed by atoms with van der Waals surface area (Å²) in [5.41, 5.74) is 5.25. The van der Waals surface area contributed by atoms with E-state index in [1.54, 1.807) is 19.1 Å². The van der Waals surface area contributed by atoms with Crippen molar-refractivity contribution in [3.05, 3.63) is 35.6 Å². The number of nitrogens with two attached hydrogens (primary N) is 1. The summed E-state index contributed by atoms with van der Waals surface area (Å²) in [7, 11) is 0. The Balaban J connectivity index is 2.25. The van der Waals surface area contributed by atoms with Crippen LogP contribution in [-0.2, 0) is 5.41 Å². The van der Waals surface area contributed by atoms with E-state index in [9.17, 15) is 8.78 Å². The van der Waals surface area contributed by atoms with Crippen molar-refractivity contribution in [2.45, 2.75) is 30.8 Å². The van der Waals surface area contributed by atoms with E-state index in [4.69, 9.17) is 5.73 Å². The van der Waals surface area contributed by atoms with Gasteiger partial charge in [-0.25, -0.2) is 8.78 Å². The van der Waals surface area contributed by atoms with Gasteiger partial charge in [0.1, 0.15) is 11.5 Å². The molecule has 0 aromatic heterocycles. The molecule has 0 radical (unpaired) electrons. The maximum absolute atomic E-state index is 13.5. The summed E-state index contributed by atoms with van der Waals surface area (Å²) < 4.78 is 26.3. The van der Waals surface area contributed by atoms with Crippen molar-refractivity contribution >= 4 is 0 Å². The van der Waals surface area contributed by atoms with Crippen molar-refractivity contribution in [2.75, 3.05) is 6.54 Å². The molecule has 0 amide bonds. The summed E-state index contributed by atoms with van der Waals surface area (Å²) in [6, 6.07) is 6.22. The van der Waals surface area contributed by atoms with Crippen LogP contribution in [0.2, 0.25) is 0 Å². The first-order valence-corrected chi connectivity index (χ1v) is 5.13. The third-order valence-corrected chi connectivity index (χ3v) is 3.26. The van der Waals surface area contributed by atoms with Crippen molar-refractivity contribution in [1.82, 2.24) is 0 Å². The van der Waals surface area contributed by atoms with Crippen molar-refractivity contribution in [2.24, 2.45) is 5.73 Å². The van der Waals surface area contributed by atoms with Gasteiger partial charge in [-0.3, -0.25) is 0 Å². The quantitative estimate of drug-likeness (QED) is 0.799. The van der Waals surface area contributed by atoms with E-state index in [0.29, 0.717) is 19.4 Å². The molecule has 2 rings (SSSR count). The minimum absolute atomic E-state index is 0.270. The molecule has 0 unspecified atom stereocenters. The number of rotatable bonds is 2. The third-order valence-electron chi connectivity index (χ3n) is 3.26. The maximum atomic E-state index is 13.5. The topological polar surface area (TPSA) is 26.0 Å². The molecule has 1 fully saturated rings. The van der Waals surface area contributed by atoms with Gasteiger partial charge < -0.3 is 5.73 Å². The first kappa shape index (κ1) is 10.6. The van der Waals surface area contributed by atoms with E-state index in [1.165, 1.54) is 12.1 Å². The van der Waals surface area contributed by atoms with Gasteiger partial charge in [0.25, 0.3) is 0 Å². The lowest BCUT2D eigenvalue weighted by Crippen LogP contribution is -2.54. The zero-order valence-corrected chi connectivity index (χ0v) is 8.76. The molecule has 1 saturated carbocycles. The summed E-state index contributed by atoms with van der Waals surface area (Å²) >= 11 is 0. The Hall–Kier alpha value is -0.960. The molecule has 82 valence electrons. The molecule has 15 heavy (non-hydrogen) atoms. The van der Waals surface area contributed by atoms with Gasteiger partial charge in [0.15, 0.2) is 0 Å². The average Bonchev–Trinajstić information content (AvgIpc) is 2.14. The Kier molecular flexibility index (Phi) is 2.30. The molecule has 2 N–H and O–H groups in total. The van der Waals surface area contributed by atoms with Crippen LogP contribution in [0, 0.1) is 5.82 Å². The molecule has 1 aliphatic carbocycles. The van der Waals surface area contributed by atoms with Gasteiger partial charge >= 0.3 is 0 Å². The van der Waals surface area contributed by atoms with Gasteiger partial charge in [0.2, 0.25) is 0 Å². The first-order chi connectivity index (χ1) is 6.97. The van der Waals surface area contributed by atoms with Crippen LogP contribution in [0.4, 0.5) is 8.78 Å². The van der Waals surface area contributed by atoms with Crippen LogP contribution in [0.5, 0.6) is 0 Å². The summed E-state index contributed by atoms with van der Waals surface area (Å²) in [6.45, 7) is 2.00. The molecule has 0 heterocycles. The highest BCUT2D eigenvalue weighted by molar-refractivity contribution is 5.32. The normalized spacial score (nSPS) is 34.9. The zero-order chi connectivity index (χ0) is 11.1. The summed E-state index contributed by atoms with van der Waals surface area (Å²) in [5.74, 6) is -0.270. The molecular formula is C12H15F2N. The smallest absolute Gasteiger partial charge is 0.123 e. The predicted octanol–water partition coefficient (Wildman–Crippen LogP) is 2.54. The van der Waals surface area contributed by atoms with Gasteiger partial charge in [-0.2, -0.15) is 0 Å². The van der Waals surface area contributed by atoms with E-state index >= 15 is 0 Å². The molecule has 0 spiro atoms. The van der Waals surface area contributed by atoms with Crippen LogP contribution < -0.4 is 5.73 Å². The molecule has 0 bridgehead atoms. The number of alkyl halides is 1. The van der Waals surface area contributed by atoms with Crippen LogP contribution in [0.25, 0.3) is 0 Å². The summed E-state index contributed by atoms with van der Waals surface area (Å²) in [6.07, 6.45) is 0.865. The molecule has 0 atom stereocenters.